The van der Waals surface area contributed by atoms with Gasteiger partial charge in [-0.2, -0.15) is 0 Å². The third kappa shape index (κ3) is 3.37. The lowest BCUT2D eigenvalue weighted by Crippen LogP contribution is -2.44. The maximum Gasteiger partial charge on any atom is 0.312 e. The van der Waals surface area contributed by atoms with E-state index in [4.69, 9.17) is 17.3 Å². The van der Waals surface area contributed by atoms with E-state index in [1.165, 1.54) is 5.56 Å². The zero-order valence-electron chi connectivity index (χ0n) is 10.2. The summed E-state index contributed by atoms with van der Waals surface area (Å²) in [6, 6.07) is 8.06. The number of urea groups is 1. The lowest BCUT2D eigenvalue weighted by Gasteiger charge is -2.36. The smallest absolute Gasteiger partial charge is 0.312 e. The fraction of sp³-hybridized carbons (Fsp3) is 0.462. The van der Waals surface area contributed by atoms with Crippen molar-refractivity contribution in [3.8, 4) is 0 Å². The summed E-state index contributed by atoms with van der Waals surface area (Å²) in [6.45, 7) is 1.32. The van der Waals surface area contributed by atoms with Gasteiger partial charge in [-0.3, -0.25) is 0 Å². The number of nitrogens with two attached hydrogens (primary N) is 1. The van der Waals surface area contributed by atoms with E-state index < -0.39 is 6.03 Å². The van der Waals surface area contributed by atoms with Gasteiger partial charge in [0.1, 0.15) is 0 Å². The van der Waals surface area contributed by atoms with E-state index in [2.05, 4.69) is 16.7 Å². The van der Waals surface area contributed by atoms with Gasteiger partial charge in [-0.1, -0.05) is 29.8 Å². The topological polar surface area (TPSA) is 67.2 Å². The van der Waals surface area contributed by atoms with Crippen LogP contribution in [0.4, 0.5) is 4.79 Å². The molecule has 0 aromatic heterocycles. The van der Waals surface area contributed by atoms with Crippen molar-refractivity contribution in [1.29, 1.82) is 0 Å². The third-order valence-corrected chi connectivity index (χ3v) is 3.68. The normalized spacial score (nSPS) is 22.3. The number of amides is 2. The van der Waals surface area contributed by atoms with Gasteiger partial charge in [0.2, 0.25) is 0 Å². The average molecular weight is 268 g/mol. The van der Waals surface area contributed by atoms with Crippen LogP contribution in [0.25, 0.3) is 0 Å². The van der Waals surface area contributed by atoms with Crippen LogP contribution in [0, 0.1) is 0 Å². The molecule has 1 fully saturated rings. The van der Waals surface area contributed by atoms with E-state index in [9.17, 15) is 4.79 Å². The SMILES string of the molecule is NC(=O)NCCNC1CC(c2ccccc2Cl)C1. The van der Waals surface area contributed by atoms with Crippen LogP contribution in [0.1, 0.15) is 24.3 Å². The van der Waals surface area contributed by atoms with Crippen LogP contribution in [0.15, 0.2) is 24.3 Å². The van der Waals surface area contributed by atoms with Gasteiger partial charge in [-0.05, 0) is 30.4 Å². The van der Waals surface area contributed by atoms with E-state index in [-0.39, 0.29) is 0 Å². The molecule has 18 heavy (non-hydrogen) atoms. The summed E-state index contributed by atoms with van der Waals surface area (Å²) in [6.07, 6.45) is 2.20. The van der Waals surface area contributed by atoms with E-state index in [0.717, 1.165) is 24.4 Å². The van der Waals surface area contributed by atoms with Crippen LogP contribution in [-0.2, 0) is 0 Å². The second-order valence-corrected chi connectivity index (χ2v) is 5.04. The van der Waals surface area contributed by atoms with Crippen molar-refractivity contribution < 1.29 is 4.79 Å². The molecule has 1 aromatic carbocycles. The quantitative estimate of drug-likeness (QED) is 0.713. The molecule has 4 nitrogen and oxygen atoms in total. The lowest BCUT2D eigenvalue weighted by atomic mass is 9.76. The minimum atomic E-state index is -0.473. The summed E-state index contributed by atoms with van der Waals surface area (Å²) in [4.78, 5) is 10.5. The first-order valence-corrected chi connectivity index (χ1v) is 6.55. The van der Waals surface area contributed by atoms with Crippen molar-refractivity contribution in [2.24, 2.45) is 5.73 Å². The van der Waals surface area contributed by atoms with Gasteiger partial charge < -0.3 is 16.4 Å². The molecule has 1 aliphatic rings. The van der Waals surface area contributed by atoms with Gasteiger partial charge in [0.25, 0.3) is 0 Å². The first-order valence-electron chi connectivity index (χ1n) is 6.18. The van der Waals surface area contributed by atoms with Crippen LogP contribution in [0.3, 0.4) is 0 Å². The Morgan fingerprint density at radius 1 is 1.33 bits per heavy atom. The van der Waals surface area contributed by atoms with Crippen molar-refractivity contribution in [2.45, 2.75) is 24.8 Å². The monoisotopic (exact) mass is 267 g/mol. The molecule has 2 amide bonds. The molecule has 1 aliphatic carbocycles. The Morgan fingerprint density at radius 2 is 2.06 bits per heavy atom. The fourth-order valence-electron chi connectivity index (χ4n) is 2.31. The van der Waals surface area contributed by atoms with E-state index >= 15 is 0 Å². The summed E-state index contributed by atoms with van der Waals surface area (Å²) < 4.78 is 0. The molecule has 0 atom stereocenters. The lowest BCUT2D eigenvalue weighted by molar-refractivity contribution is 0.247. The van der Waals surface area contributed by atoms with Crippen molar-refractivity contribution in [3.05, 3.63) is 34.9 Å². The minimum Gasteiger partial charge on any atom is -0.352 e. The Kier molecular flexibility index (Phi) is 4.44. The molecule has 0 bridgehead atoms. The largest absolute Gasteiger partial charge is 0.352 e. The number of halogens is 1. The first-order chi connectivity index (χ1) is 8.66. The van der Waals surface area contributed by atoms with Crippen LogP contribution in [0.2, 0.25) is 5.02 Å². The van der Waals surface area contributed by atoms with Gasteiger partial charge in [0.05, 0.1) is 0 Å². The van der Waals surface area contributed by atoms with Crippen molar-refractivity contribution in [2.75, 3.05) is 13.1 Å². The van der Waals surface area contributed by atoms with Crippen LogP contribution >= 0.6 is 11.6 Å². The number of carbonyl (C=O) groups excluding carboxylic acids is 1. The molecule has 0 unspecified atom stereocenters. The van der Waals surface area contributed by atoms with Gasteiger partial charge in [0.15, 0.2) is 0 Å². The van der Waals surface area contributed by atoms with E-state index in [1.807, 2.05) is 18.2 Å². The van der Waals surface area contributed by atoms with Gasteiger partial charge >= 0.3 is 6.03 Å². The first kappa shape index (κ1) is 13.2. The Labute approximate surface area is 112 Å². The standard InChI is InChI=1S/C13H18ClN3O/c14-12-4-2-1-3-11(12)9-7-10(8-9)16-5-6-17-13(15)18/h1-4,9-10,16H,5-8H2,(H3,15,17,18). The molecule has 2 rings (SSSR count). The second kappa shape index (κ2) is 6.07. The number of nitrogens with one attached hydrogen (secondary N) is 2. The molecular weight excluding hydrogens is 250 g/mol. The molecule has 1 saturated carbocycles. The Bertz CT molecular complexity index is 418. The van der Waals surface area contributed by atoms with Crippen molar-refractivity contribution >= 4 is 17.6 Å². The molecule has 0 saturated heterocycles. The highest BCUT2D eigenvalue weighted by molar-refractivity contribution is 6.31. The van der Waals surface area contributed by atoms with Crippen LogP contribution in [-0.4, -0.2) is 25.2 Å². The number of hydrogen-bond donors (Lipinski definition) is 3. The Balaban J connectivity index is 1.68. The molecule has 0 aliphatic heterocycles. The predicted octanol–water partition coefficient (Wildman–Crippen LogP) is 1.84. The molecule has 98 valence electrons. The summed E-state index contributed by atoms with van der Waals surface area (Å²) in [7, 11) is 0. The number of rotatable bonds is 5. The average Bonchev–Trinajstić information content (AvgIpc) is 2.28. The molecule has 0 radical (unpaired) electrons. The highest BCUT2D eigenvalue weighted by Gasteiger charge is 2.30. The van der Waals surface area contributed by atoms with E-state index in [0.29, 0.717) is 18.5 Å². The predicted molar refractivity (Wildman–Crippen MR) is 72.8 cm³/mol. The fourth-order valence-corrected chi connectivity index (χ4v) is 2.60. The molecule has 5 heteroatoms. The highest BCUT2D eigenvalue weighted by Crippen LogP contribution is 2.39. The number of hydrogen-bond acceptors (Lipinski definition) is 2. The maximum absolute atomic E-state index is 10.5. The number of benzene rings is 1. The molecule has 4 N–H and O–H groups in total. The van der Waals surface area contributed by atoms with Gasteiger partial charge in [-0.15, -0.1) is 0 Å². The van der Waals surface area contributed by atoms with E-state index in [1.54, 1.807) is 0 Å². The van der Waals surface area contributed by atoms with Crippen molar-refractivity contribution in [1.82, 2.24) is 10.6 Å². The molecule has 0 heterocycles. The maximum atomic E-state index is 10.5. The summed E-state index contributed by atoms with van der Waals surface area (Å²) in [5, 5.41) is 6.79. The Morgan fingerprint density at radius 3 is 2.72 bits per heavy atom. The molecule has 1 aromatic rings. The summed E-state index contributed by atoms with van der Waals surface area (Å²) in [5.41, 5.74) is 6.22. The number of primary amides is 1. The van der Waals surface area contributed by atoms with Gasteiger partial charge in [-0.25, -0.2) is 4.79 Å². The minimum absolute atomic E-state index is 0.473. The van der Waals surface area contributed by atoms with Gasteiger partial charge in [0, 0.05) is 24.2 Å². The van der Waals surface area contributed by atoms with Crippen LogP contribution in [0.5, 0.6) is 0 Å². The van der Waals surface area contributed by atoms with Crippen LogP contribution < -0.4 is 16.4 Å². The molecule has 0 spiro atoms. The summed E-state index contributed by atoms with van der Waals surface area (Å²) >= 11 is 6.16. The second-order valence-electron chi connectivity index (χ2n) is 4.63. The number of carbonyl (C=O) groups is 1. The highest BCUT2D eigenvalue weighted by atomic mass is 35.5. The zero-order valence-corrected chi connectivity index (χ0v) is 10.9. The molecular formula is C13H18ClN3O. The summed E-state index contributed by atoms with van der Waals surface area (Å²) in [5.74, 6) is 0.556. The zero-order chi connectivity index (χ0) is 13.0. The van der Waals surface area contributed by atoms with Crippen molar-refractivity contribution in [3.63, 3.8) is 0 Å². The Hall–Kier alpha value is -1.26. The third-order valence-electron chi connectivity index (χ3n) is 3.34.